The molecule has 1 atom stereocenters. The number of likely N-dealkylation sites (tertiary alicyclic amines) is 1. The van der Waals surface area contributed by atoms with Gasteiger partial charge in [0.1, 0.15) is 0 Å². The maximum Gasteiger partial charge on any atom is 0.240 e. The van der Waals surface area contributed by atoms with Gasteiger partial charge in [-0.05, 0) is 50.4 Å². The fourth-order valence-electron chi connectivity index (χ4n) is 4.03. The minimum atomic E-state index is -0.0166. The molecule has 2 saturated heterocycles. The van der Waals surface area contributed by atoms with Crippen LogP contribution in [-0.4, -0.2) is 61.0 Å². The largest absolute Gasteiger partial charge is 0.368 e. The first-order valence-electron chi connectivity index (χ1n) is 9.39. The normalized spacial score (nSPS) is 21.9. The lowest BCUT2D eigenvalue weighted by molar-refractivity contribution is -0.138. The second-order valence-electron chi connectivity index (χ2n) is 7.22. The maximum absolute atomic E-state index is 13.0. The summed E-state index contributed by atoms with van der Waals surface area (Å²) in [5.41, 5.74) is 3.97. The highest BCUT2D eigenvalue weighted by Crippen LogP contribution is 2.25. The Morgan fingerprint density at radius 2 is 1.92 bits per heavy atom. The molecule has 1 aromatic carbocycles. The molecule has 1 amide bonds. The topological polar surface area (TPSA) is 26.8 Å². The zero-order valence-electron chi connectivity index (χ0n) is 15.5. The Morgan fingerprint density at radius 1 is 1.16 bits per heavy atom. The minimum Gasteiger partial charge on any atom is -0.368 e. The first-order chi connectivity index (χ1) is 12.1. The number of hydrogen-bond acceptors (Lipinski definition) is 3. The van der Waals surface area contributed by atoms with Gasteiger partial charge in [0, 0.05) is 31.9 Å². The van der Waals surface area contributed by atoms with Crippen molar-refractivity contribution in [2.45, 2.75) is 39.2 Å². The molecule has 0 aromatic heterocycles. The summed E-state index contributed by atoms with van der Waals surface area (Å²) < 4.78 is 0. The van der Waals surface area contributed by atoms with Crippen LogP contribution in [0.3, 0.4) is 0 Å². The standard InChI is InChI=1S/C21H29N3O/c1-4-11-22-12-6-5-9-20(22)21(25)24-15-13-23(14-16-24)19-10-7-8-17(2)18(19)3/h1,7-8,10,20H,5-6,9,11-16H2,2-3H3. The summed E-state index contributed by atoms with van der Waals surface area (Å²) in [6.45, 7) is 9.26. The van der Waals surface area contributed by atoms with Gasteiger partial charge in [-0.25, -0.2) is 0 Å². The summed E-state index contributed by atoms with van der Waals surface area (Å²) in [4.78, 5) is 19.6. The van der Waals surface area contributed by atoms with Gasteiger partial charge in [0.05, 0.1) is 12.6 Å². The molecule has 4 nitrogen and oxygen atoms in total. The van der Waals surface area contributed by atoms with Crippen LogP contribution in [0.15, 0.2) is 18.2 Å². The predicted octanol–water partition coefficient (Wildman–Crippen LogP) is 2.44. The monoisotopic (exact) mass is 339 g/mol. The average molecular weight is 339 g/mol. The van der Waals surface area contributed by atoms with Gasteiger partial charge >= 0.3 is 0 Å². The molecule has 0 bridgehead atoms. The number of rotatable bonds is 3. The second kappa shape index (κ2) is 7.93. The van der Waals surface area contributed by atoms with Crippen LogP contribution in [-0.2, 0) is 4.79 Å². The van der Waals surface area contributed by atoms with Gasteiger partial charge < -0.3 is 9.80 Å². The van der Waals surface area contributed by atoms with Gasteiger partial charge in [0.25, 0.3) is 0 Å². The van der Waals surface area contributed by atoms with E-state index in [-0.39, 0.29) is 11.9 Å². The average Bonchev–Trinajstić information content (AvgIpc) is 2.64. The van der Waals surface area contributed by atoms with Crippen LogP contribution in [0.4, 0.5) is 5.69 Å². The number of nitrogens with zero attached hydrogens (tertiary/aromatic N) is 3. The zero-order valence-corrected chi connectivity index (χ0v) is 15.5. The number of carbonyl (C=O) groups excluding carboxylic acids is 1. The fraction of sp³-hybridized carbons (Fsp3) is 0.571. The number of piperazine rings is 1. The Balaban J connectivity index is 1.62. The molecule has 0 spiro atoms. The van der Waals surface area contributed by atoms with E-state index in [0.29, 0.717) is 6.54 Å². The van der Waals surface area contributed by atoms with Gasteiger partial charge in [-0.1, -0.05) is 24.5 Å². The second-order valence-corrected chi connectivity index (χ2v) is 7.22. The highest BCUT2D eigenvalue weighted by Gasteiger charge is 2.33. The Labute approximate surface area is 151 Å². The van der Waals surface area contributed by atoms with Crippen molar-refractivity contribution < 1.29 is 4.79 Å². The SMILES string of the molecule is C#CCN1CCCCC1C(=O)N1CCN(c2cccc(C)c2C)CC1. The highest BCUT2D eigenvalue weighted by atomic mass is 16.2. The number of terminal acetylenes is 1. The quantitative estimate of drug-likeness (QED) is 0.792. The Morgan fingerprint density at radius 3 is 2.64 bits per heavy atom. The van der Waals surface area contributed by atoms with E-state index in [1.165, 1.54) is 16.8 Å². The van der Waals surface area contributed by atoms with Gasteiger partial charge in [-0.2, -0.15) is 0 Å². The molecule has 2 fully saturated rings. The summed E-state index contributed by atoms with van der Waals surface area (Å²) >= 11 is 0. The van der Waals surface area contributed by atoms with Crippen molar-refractivity contribution in [2.75, 3.05) is 44.2 Å². The molecule has 0 saturated carbocycles. The molecule has 1 unspecified atom stereocenters. The number of carbonyl (C=O) groups is 1. The van der Waals surface area contributed by atoms with Gasteiger partial charge in [0.15, 0.2) is 0 Å². The first kappa shape index (κ1) is 17.8. The van der Waals surface area contributed by atoms with Crippen LogP contribution >= 0.6 is 0 Å². The summed E-state index contributed by atoms with van der Waals surface area (Å²) in [5.74, 6) is 2.99. The van der Waals surface area contributed by atoms with E-state index in [9.17, 15) is 4.79 Å². The lowest BCUT2D eigenvalue weighted by atomic mass is 10.0. The van der Waals surface area contributed by atoms with Gasteiger partial charge in [-0.15, -0.1) is 6.42 Å². The molecule has 2 aliphatic rings. The van der Waals surface area contributed by atoms with Crippen LogP contribution in [0.2, 0.25) is 0 Å². The van der Waals surface area contributed by atoms with Gasteiger partial charge in [-0.3, -0.25) is 9.69 Å². The van der Waals surface area contributed by atoms with E-state index in [1.54, 1.807) is 0 Å². The van der Waals surface area contributed by atoms with Crippen molar-refractivity contribution in [1.82, 2.24) is 9.80 Å². The number of anilines is 1. The first-order valence-corrected chi connectivity index (χ1v) is 9.39. The van der Waals surface area contributed by atoms with E-state index in [4.69, 9.17) is 6.42 Å². The highest BCUT2D eigenvalue weighted by molar-refractivity contribution is 5.82. The van der Waals surface area contributed by atoms with Crippen LogP contribution < -0.4 is 4.90 Å². The number of hydrogen-bond donors (Lipinski definition) is 0. The minimum absolute atomic E-state index is 0.0166. The molecular weight excluding hydrogens is 310 g/mol. The van der Waals surface area contributed by atoms with Crippen molar-refractivity contribution in [3.8, 4) is 12.3 Å². The van der Waals surface area contributed by atoms with Crippen molar-refractivity contribution in [1.29, 1.82) is 0 Å². The van der Waals surface area contributed by atoms with Gasteiger partial charge in [0.2, 0.25) is 5.91 Å². The number of amides is 1. The number of benzene rings is 1. The molecule has 0 radical (unpaired) electrons. The maximum atomic E-state index is 13.0. The van der Waals surface area contributed by atoms with E-state index >= 15 is 0 Å². The van der Waals surface area contributed by atoms with Crippen LogP contribution in [0, 0.1) is 26.2 Å². The van der Waals surface area contributed by atoms with E-state index < -0.39 is 0 Å². The molecule has 4 heteroatoms. The third kappa shape index (κ3) is 3.82. The number of aryl methyl sites for hydroxylation is 1. The van der Waals surface area contributed by atoms with Crippen LogP contribution in [0.1, 0.15) is 30.4 Å². The lowest BCUT2D eigenvalue weighted by Gasteiger charge is -2.41. The summed E-state index contributed by atoms with van der Waals surface area (Å²) in [6, 6.07) is 6.45. The molecule has 134 valence electrons. The lowest BCUT2D eigenvalue weighted by Crippen LogP contribution is -2.56. The Kier molecular flexibility index (Phi) is 5.65. The van der Waals surface area contributed by atoms with E-state index in [2.05, 4.69) is 47.8 Å². The smallest absolute Gasteiger partial charge is 0.240 e. The summed E-state index contributed by atoms with van der Waals surface area (Å²) in [6.07, 6.45) is 8.70. The van der Waals surface area contributed by atoms with Crippen LogP contribution in [0.5, 0.6) is 0 Å². The molecule has 1 aromatic rings. The summed E-state index contributed by atoms with van der Waals surface area (Å²) in [7, 11) is 0. The van der Waals surface area contributed by atoms with Crippen molar-refractivity contribution in [3.05, 3.63) is 29.3 Å². The van der Waals surface area contributed by atoms with E-state index in [0.717, 1.165) is 52.0 Å². The molecule has 0 N–H and O–H groups in total. The van der Waals surface area contributed by atoms with Crippen molar-refractivity contribution in [3.63, 3.8) is 0 Å². The predicted molar refractivity (Wildman–Crippen MR) is 103 cm³/mol. The summed E-state index contributed by atoms with van der Waals surface area (Å²) in [5, 5.41) is 0. The van der Waals surface area contributed by atoms with Crippen molar-refractivity contribution >= 4 is 11.6 Å². The Hall–Kier alpha value is -1.99. The molecule has 25 heavy (non-hydrogen) atoms. The van der Waals surface area contributed by atoms with E-state index in [1.807, 2.05) is 4.90 Å². The molecule has 3 rings (SSSR count). The Bertz CT molecular complexity index is 656. The van der Waals surface area contributed by atoms with Crippen LogP contribution in [0.25, 0.3) is 0 Å². The molecule has 0 aliphatic carbocycles. The molecular formula is C21H29N3O. The third-order valence-electron chi connectivity index (χ3n) is 5.70. The molecule has 2 heterocycles. The zero-order chi connectivity index (χ0) is 17.8. The third-order valence-corrected chi connectivity index (χ3v) is 5.70. The fourth-order valence-corrected chi connectivity index (χ4v) is 4.03. The number of piperidine rings is 1. The molecule has 2 aliphatic heterocycles. The van der Waals surface area contributed by atoms with Crippen molar-refractivity contribution in [2.24, 2.45) is 0 Å².